The molecule has 0 aromatic rings. The molecule has 0 saturated carbocycles. The summed E-state index contributed by atoms with van der Waals surface area (Å²) in [5, 5.41) is 3.07. The van der Waals surface area contributed by atoms with E-state index < -0.39 is 0 Å². The second-order valence-corrected chi connectivity index (χ2v) is 2.11. The van der Waals surface area contributed by atoms with Gasteiger partial charge in [0.25, 0.3) is 0 Å². The van der Waals surface area contributed by atoms with Gasteiger partial charge in [-0.25, -0.2) is 0 Å². The van der Waals surface area contributed by atoms with Gasteiger partial charge in [0.2, 0.25) is 0 Å². The molecule has 42 valence electrons. The number of rotatable bonds is 1. The highest BCUT2D eigenvalue weighted by molar-refractivity contribution is 4.83. The zero-order valence-corrected chi connectivity index (χ0v) is 4.45. The molecule has 1 fully saturated rings. The van der Waals surface area contributed by atoms with Gasteiger partial charge in [0, 0.05) is 18.5 Å². The minimum absolute atomic E-state index is 0.159. The molecule has 1 saturated heterocycles. The minimum atomic E-state index is -0.159. The van der Waals surface area contributed by atoms with E-state index in [1.165, 1.54) is 0 Å². The zero-order valence-electron chi connectivity index (χ0n) is 4.45. The first kappa shape index (κ1) is 5.04. The molecular formula is C5H10FN. The van der Waals surface area contributed by atoms with Crippen LogP contribution >= 0.6 is 0 Å². The molecule has 1 aliphatic heterocycles. The van der Waals surface area contributed by atoms with E-state index in [1.807, 2.05) is 6.92 Å². The highest BCUT2D eigenvalue weighted by Gasteiger charge is 2.24. The third-order valence-electron chi connectivity index (χ3n) is 1.61. The topological polar surface area (TPSA) is 12.0 Å². The molecule has 2 atom stereocenters. The van der Waals surface area contributed by atoms with Gasteiger partial charge in [0.1, 0.15) is 0 Å². The van der Waals surface area contributed by atoms with Crippen LogP contribution < -0.4 is 5.32 Å². The SMILES string of the molecule is CC1NCC1CF. The molecular weight excluding hydrogens is 93.1 g/mol. The van der Waals surface area contributed by atoms with Gasteiger partial charge in [0.15, 0.2) is 0 Å². The van der Waals surface area contributed by atoms with E-state index in [2.05, 4.69) is 5.32 Å². The molecule has 0 radical (unpaired) electrons. The van der Waals surface area contributed by atoms with Crippen LogP contribution in [0.4, 0.5) is 4.39 Å². The second-order valence-electron chi connectivity index (χ2n) is 2.11. The molecule has 0 aromatic heterocycles. The number of hydrogen-bond donors (Lipinski definition) is 1. The fraction of sp³-hybridized carbons (Fsp3) is 1.00. The molecule has 2 unspecified atom stereocenters. The molecule has 7 heavy (non-hydrogen) atoms. The van der Waals surface area contributed by atoms with Gasteiger partial charge < -0.3 is 5.32 Å². The van der Waals surface area contributed by atoms with Crippen molar-refractivity contribution >= 4 is 0 Å². The van der Waals surface area contributed by atoms with E-state index in [4.69, 9.17) is 0 Å². The number of hydrogen-bond acceptors (Lipinski definition) is 1. The fourth-order valence-corrected chi connectivity index (χ4v) is 0.708. The Morgan fingerprint density at radius 3 is 2.57 bits per heavy atom. The van der Waals surface area contributed by atoms with E-state index in [-0.39, 0.29) is 6.67 Å². The first-order valence-electron chi connectivity index (χ1n) is 2.64. The first-order valence-corrected chi connectivity index (χ1v) is 2.64. The van der Waals surface area contributed by atoms with E-state index >= 15 is 0 Å². The molecule has 2 heteroatoms. The van der Waals surface area contributed by atoms with Crippen LogP contribution in [-0.4, -0.2) is 19.3 Å². The molecule has 0 bridgehead atoms. The van der Waals surface area contributed by atoms with E-state index in [1.54, 1.807) is 0 Å². The molecule has 1 heterocycles. The normalized spacial score (nSPS) is 40.3. The smallest absolute Gasteiger partial charge is 0.0949 e. The van der Waals surface area contributed by atoms with Crippen LogP contribution in [0.25, 0.3) is 0 Å². The molecule has 1 N–H and O–H groups in total. The van der Waals surface area contributed by atoms with Crippen molar-refractivity contribution in [2.75, 3.05) is 13.2 Å². The summed E-state index contributed by atoms with van der Waals surface area (Å²) in [4.78, 5) is 0. The van der Waals surface area contributed by atoms with Gasteiger partial charge in [-0.2, -0.15) is 0 Å². The third-order valence-corrected chi connectivity index (χ3v) is 1.61. The number of alkyl halides is 1. The number of halogens is 1. The van der Waals surface area contributed by atoms with Crippen LogP contribution in [0, 0.1) is 5.92 Å². The van der Waals surface area contributed by atoms with Crippen molar-refractivity contribution in [1.29, 1.82) is 0 Å². The Labute approximate surface area is 42.9 Å². The van der Waals surface area contributed by atoms with Crippen molar-refractivity contribution in [1.82, 2.24) is 5.32 Å². The lowest BCUT2D eigenvalue weighted by atomic mass is 9.95. The predicted octanol–water partition coefficient (Wildman–Crippen LogP) is 0.564. The van der Waals surface area contributed by atoms with Crippen LogP contribution in [0.1, 0.15) is 6.92 Å². The lowest BCUT2D eigenvalue weighted by Gasteiger charge is -2.32. The van der Waals surface area contributed by atoms with Crippen molar-refractivity contribution in [3.05, 3.63) is 0 Å². The van der Waals surface area contributed by atoms with E-state index in [0.29, 0.717) is 12.0 Å². The van der Waals surface area contributed by atoms with Crippen molar-refractivity contribution < 1.29 is 4.39 Å². The molecule has 0 aliphatic carbocycles. The maximum absolute atomic E-state index is 11.6. The Kier molecular flexibility index (Phi) is 1.28. The van der Waals surface area contributed by atoms with Gasteiger partial charge >= 0.3 is 0 Å². The summed E-state index contributed by atoms with van der Waals surface area (Å²) in [6.07, 6.45) is 0. The van der Waals surface area contributed by atoms with Crippen LogP contribution in [0.5, 0.6) is 0 Å². The van der Waals surface area contributed by atoms with Crippen molar-refractivity contribution in [3.8, 4) is 0 Å². The lowest BCUT2D eigenvalue weighted by molar-refractivity contribution is 0.199. The van der Waals surface area contributed by atoms with Crippen molar-refractivity contribution in [2.45, 2.75) is 13.0 Å². The molecule has 0 aromatic carbocycles. The summed E-state index contributed by atoms with van der Waals surface area (Å²) >= 11 is 0. The van der Waals surface area contributed by atoms with Gasteiger partial charge in [-0.05, 0) is 6.92 Å². The molecule has 0 spiro atoms. The largest absolute Gasteiger partial charge is 0.313 e. The third kappa shape index (κ3) is 0.752. The first-order chi connectivity index (χ1) is 3.34. The predicted molar refractivity (Wildman–Crippen MR) is 26.9 cm³/mol. The molecule has 1 rings (SSSR count). The van der Waals surface area contributed by atoms with Crippen LogP contribution in [-0.2, 0) is 0 Å². The highest BCUT2D eigenvalue weighted by Crippen LogP contribution is 2.11. The van der Waals surface area contributed by atoms with Crippen molar-refractivity contribution in [2.24, 2.45) is 5.92 Å². The number of nitrogens with one attached hydrogen (secondary N) is 1. The fourth-order valence-electron chi connectivity index (χ4n) is 0.708. The monoisotopic (exact) mass is 103 g/mol. The Hall–Kier alpha value is -0.110. The lowest BCUT2D eigenvalue weighted by Crippen LogP contribution is -2.51. The van der Waals surface area contributed by atoms with Crippen LogP contribution in [0.15, 0.2) is 0 Å². The van der Waals surface area contributed by atoms with Gasteiger partial charge in [-0.15, -0.1) is 0 Å². The average molecular weight is 103 g/mol. The Morgan fingerprint density at radius 2 is 2.57 bits per heavy atom. The summed E-state index contributed by atoms with van der Waals surface area (Å²) in [7, 11) is 0. The van der Waals surface area contributed by atoms with Gasteiger partial charge in [-0.1, -0.05) is 0 Å². The van der Waals surface area contributed by atoms with Gasteiger partial charge in [0.05, 0.1) is 6.67 Å². The standard InChI is InChI=1S/C5H10FN/c1-4-5(2-6)3-7-4/h4-5,7H,2-3H2,1H3. The summed E-state index contributed by atoms with van der Waals surface area (Å²) in [6, 6.07) is 0.421. The summed E-state index contributed by atoms with van der Waals surface area (Å²) in [5.41, 5.74) is 0. The maximum Gasteiger partial charge on any atom is 0.0949 e. The minimum Gasteiger partial charge on any atom is -0.313 e. The molecule has 1 nitrogen and oxygen atoms in total. The average Bonchev–Trinajstić information content (AvgIpc) is 1.65. The van der Waals surface area contributed by atoms with Crippen LogP contribution in [0.2, 0.25) is 0 Å². The Bertz CT molecular complexity index is 63.1. The summed E-state index contributed by atoms with van der Waals surface area (Å²) in [6.45, 7) is 2.72. The summed E-state index contributed by atoms with van der Waals surface area (Å²) in [5.74, 6) is 0.306. The quantitative estimate of drug-likeness (QED) is 0.511. The molecule has 0 amide bonds. The summed E-state index contributed by atoms with van der Waals surface area (Å²) < 4.78 is 11.6. The van der Waals surface area contributed by atoms with Gasteiger partial charge in [-0.3, -0.25) is 4.39 Å². The van der Waals surface area contributed by atoms with Crippen molar-refractivity contribution in [3.63, 3.8) is 0 Å². The zero-order chi connectivity index (χ0) is 5.28. The Morgan fingerprint density at radius 1 is 1.86 bits per heavy atom. The van der Waals surface area contributed by atoms with E-state index in [0.717, 1.165) is 6.54 Å². The maximum atomic E-state index is 11.6. The Balaban J connectivity index is 2.16. The second kappa shape index (κ2) is 1.78. The molecule has 1 aliphatic rings. The van der Waals surface area contributed by atoms with Crippen LogP contribution in [0.3, 0.4) is 0 Å². The van der Waals surface area contributed by atoms with E-state index in [9.17, 15) is 4.39 Å². The highest BCUT2D eigenvalue weighted by atomic mass is 19.1.